The minimum atomic E-state index is -0.0550. The van der Waals surface area contributed by atoms with Crippen LogP contribution in [0.3, 0.4) is 0 Å². The zero-order valence-corrected chi connectivity index (χ0v) is 9.26. The van der Waals surface area contributed by atoms with Gasteiger partial charge in [0.1, 0.15) is 0 Å². The molecule has 0 aromatic carbocycles. The van der Waals surface area contributed by atoms with Crippen LogP contribution in [0.25, 0.3) is 0 Å². The van der Waals surface area contributed by atoms with E-state index in [0.29, 0.717) is 6.04 Å². The van der Waals surface area contributed by atoms with Gasteiger partial charge in [0.15, 0.2) is 0 Å². The first-order valence-electron chi connectivity index (χ1n) is 5.40. The van der Waals surface area contributed by atoms with Crippen molar-refractivity contribution in [3.63, 3.8) is 0 Å². The number of hydrogen-bond acceptors (Lipinski definition) is 2. The Kier molecular flexibility index (Phi) is 4.20. The van der Waals surface area contributed by atoms with Crippen LogP contribution in [-0.2, 0) is 0 Å². The van der Waals surface area contributed by atoms with E-state index in [1.165, 1.54) is 0 Å². The lowest BCUT2D eigenvalue weighted by Gasteiger charge is -2.30. The smallest absolute Gasteiger partial charge is 0.315 e. The maximum absolute atomic E-state index is 11.4. The number of nitrogens with one attached hydrogen (secondary N) is 3. The summed E-state index contributed by atoms with van der Waals surface area (Å²) in [5.74, 6) is 0. The number of rotatable bonds is 2. The van der Waals surface area contributed by atoms with E-state index in [2.05, 4.69) is 22.9 Å². The molecule has 1 fully saturated rings. The Labute approximate surface area is 85.8 Å². The van der Waals surface area contributed by atoms with Gasteiger partial charge in [-0.15, -0.1) is 0 Å². The summed E-state index contributed by atoms with van der Waals surface area (Å²) in [7, 11) is 0. The quantitative estimate of drug-likeness (QED) is 0.617. The van der Waals surface area contributed by atoms with Crippen molar-refractivity contribution in [2.24, 2.45) is 0 Å². The number of piperidine rings is 1. The molecule has 0 aromatic heterocycles. The lowest BCUT2D eigenvalue weighted by atomic mass is 10.0. The van der Waals surface area contributed by atoms with Crippen molar-refractivity contribution in [2.75, 3.05) is 6.54 Å². The Balaban J connectivity index is 2.31. The van der Waals surface area contributed by atoms with Crippen LogP contribution in [0.1, 0.15) is 33.6 Å². The van der Waals surface area contributed by atoms with Gasteiger partial charge in [-0.1, -0.05) is 0 Å². The molecule has 0 spiro atoms. The van der Waals surface area contributed by atoms with Crippen molar-refractivity contribution < 1.29 is 4.79 Å². The highest BCUT2D eigenvalue weighted by Gasteiger charge is 2.22. The highest BCUT2D eigenvalue weighted by molar-refractivity contribution is 5.74. The normalized spacial score (nSPS) is 27.4. The number of carbonyl (C=O) groups excluding carboxylic acids is 1. The lowest BCUT2D eigenvalue weighted by molar-refractivity contribution is 0.226. The van der Waals surface area contributed by atoms with Gasteiger partial charge >= 0.3 is 6.03 Å². The molecule has 82 valence electrons. The van der Waals surface area contributed by atoms with Crippen LogP contribution < -0.4 is 16.0 Å². The molecule has 0 aliphatic carbocycles. The van der Waals surface area contributed by atoms with E-state index >= 15 is 0 Å². The maximum atomic E-state index is 11.4. The number of urea groups is 1. The summed E-state index contributed by atoms with van der Waals surface area (Å²) >= 11 is 0. The van der Waals surface area contributed by atoms with Crippen molar-refractivity contribution in [1.29, 1.82) is 0 Å². The molecule has 2 atom stereocenters. The van der Waals surface area contributed by atoms with Crippen molar-refractivity contribution in [3.8, 4) is 0 Å². The molecule has 4 heteroatoms. The van der Waals surface area contributed by atoms with Crippen LogP contribution in [-0.4, -0.2) is 30.7 Å². The van der Waals surface area contributed by atoms with Gasteiger partial charge in [0.25, 0.3) is 0 Å². The van der Waals surface area contributed by atoms with Gasteiger partial charge in [-0.2, -0.15) is 0 Å². The second kappa shape index (κ2) is 5.20. The van der Waals surface area contributed by atoms with Gasteiger partial charge < -0.3 is 16.0 Å². The highest BCUT2D eigenvalue weighted by atomic mass is 16.2. The third-order valence-electron chi connectivity index (χ3n) is 2.50. The van der Waals surface area contributed by atoms with Crippen LogP contribution in [0.15, 0.2) is 0 Å². The summed E-state index contributed by atoms with van der Waals surface area (Å²) in [5.41, 5.74) is 0. The number of carbonyl (C=O) groups is 1. The Morgan fingerprint density at radius 1 is 1.50 bits per heavy atom. The van der Waals surface area contributed by atoms with Crippen LogP contribution in [0, 0.1) is 0 Å². The molecule has 14 heavy (non-hydrogen) atoms. The molecular formula is C10H21N3O. The molecular weight excluding hydrogens is 178 g/mol. The average Bonchev–Trinajstić information content (AvgIpc) is 2.07. The topological polar surface area (TPSA) is 53.2 Å². The molecule has 3 N–H and O–H groups in total. The summed E-state index contributed by atoms with van der Waals surface area (Å²) < 4.78 is 0. The van der Waals surface area contributed by atoms with E-state index in [0.717, 1.165) is 19.4 Å². The Bertz CT molecular complexity index is 194. The Morgan fingerprint density at radius 2 is 2.21 bits per heavy atom. The van der Waals surface area contributed by atoms with E-state index in [1.807, 2.05) is 13.8 Å². The minimum Gasteiger partial charge on any atom is -0.336 e. The molecule has 1 aliphatic heterocycles. The molecule has 4 nitrogen and oxygen atoms in total. The monoisotopic (exact) mass is 199 g/mol. The Hall–Kier alpha value is -0.770. The fourth-order valence-corrected chi connectivity index (χ4v) is 1.71. The summed E-state index contributed by atoms with van der Waals surface area (Å²) in [4.78, 5) is 11.4. The molecule has 1 saturated heterocycles. The zero-order valence-electron chi connectivity index (χ0n) is 9.26. The molecule has 1 heterocycles. The molecule has 2 amide bonds. The average molecular weight is 199 g/mol. The summed E-state index contributed by atoms with van der Waals surface area (Å²) in [6.45, 7) is 7.09. The van der Waals surface area contributed by atoms with Crippen molar-refractivity contribution in [2.45, 2.75) is 51.7 Å². The lowest BCUT2D eigenvalue weighted by Crippen LogP contribution is -2.54. The fraction of sp³-hybridized carbons (Fsp3) is 0.900. The van der Waals surface area contributed by atoms with E-state index in [4.69, 9.17) is 0 Å². The van der Waals surface area contributed by atoms with Crippen molar-refractivity contribution in [3.05, 3.63) is 0 Å². The number of hydrogen-bond donors (Lipinski definition) is 3. The molecule has 1 aliphatic rings. The predicted molar refractivity (Wildman–Crippen MR) is 57.3 cm³/mol. The standard InChI is InChI=1S/C10H21N3O/c1-7(2)12-10(14)13-9-5-4-6-11-8(9)3/h7-9,11H,4-6H2,1-3H3,(H2,12,13,14). The summed E-state index contributed by atoms with van der Waals surface area (Å²) in [6, 6.07) is 0.784. The highest BCUT2D eigenvalue weighted by Crippen LogP contribution is 2.07. The maximum Gasteiger partial charge on any atom is 0.315 e. The largest absolute Gasteiger partial charge is 0.336 e. The van der Waals surface area contributed by atoms with Crippen LogP contribution in [0.4, 0.5) is 4.79 Å². The number of amides is 2. The van der Waals surface area contributed by atoms with E-state index in [-0.39, 0.29) is 18.1 Å². The molecule has 2 unspecified atom stereocenters. The third kappa shape index (κ3) is 3.54. The predicted octanol–water partition coefficient (Wildman–Crippen LogP) is 0.834. The summed E-state index contributed by atoms with van der Waals surface area (Å²) in [5, 5.41) is 9.17. The van der Waals surface area contributed by atoms with E-state index in [1.54, 1.807) is 0 Å². The molecule has 0 aromatic rings. The summed E-state index contributed by atoms with van der Waals surface area (Å²) in [6.07, 6.45) is 2.21. The first-order chi connectivity index (χ1) is 6.59. The third-order valence-corrected chi connectivity index (χ3v) is 2.50. The van der Waals surface area contributed by atoms with Crippen molar-refractivity contribution in [1.82, 2.24) is 16.0 Å². The SMILES string of the molecule is CC(C)NC(=O)NC1CCCNC1C. The van der Waals surface area contributed by atoms with Crippen molar-refractivity contribution >= 4 is 6.03 Å². The zero-order chi connectivity index (χ0) is 10.6. The van der Waals surface area contributed by atoms with E-state index in [9.17, 15) is 4.79 Å². The van der Waals surface area contributed by atoms with Gasteiger partial charge in [0, 0.05) is 18.1 Å². The molecule has 0 saturated carbocycles. The molecule has 0 radical (unpaired) electrons. The first-order valence-corrected chi connectivity index (χ1v) is 5.40. The molecule has 1 rings (SSSR count). The minimum absolute atomic E-state index is 0.0550. The van der Waals surface area contributed by atoms with Gasteiger partial charge in [-0.05, 0) is 40.2 Å². The van der Waals surface area contributed by atoms with Crippen LogP contribution in [0.2, 0.25) is 0 Å². The van der Waals surface area contributed by atoms with Gasteiger partial charge in [0.2, 0.25) is 0 Å². The van der Waals surface area contributed by atoms with Crippen LogP contribution >= 0.6 is 0 Å². The van der Waals surface area contributed by atoms with Gasteiger partial charge in [0.05, 0.1) is 0 Å². The second-order valence-electron chi connectivity index (χ2n) is 4.26. The van der Waals surface area contributed by atoms with Gasteiger partial charge in [-0.25, -0.2) is 4.79 Å². The second-order valence-corrected chi connectivity index (χ2v) is 4.26. The van der Waals surface area contributed by atoms with Crippen LogP contribution in [0.5, 0.6) is 0 Å². The fourth-order valence-electron chi connectivity index (χ4n) is 1.71. The first kappa shape index (κ1) is 11.3. The van der Waals surface area contributed by atoms with Gasteiger partial charge in [-0.3, -0.25) is 0 Å². The Morgan fingerprint density at radius 3 is 2.79 bits per heavy atom. The van der Waals surface area contributed by atoms with E-state index < -0.39 is 0 Å². The molecule has 0 bridgehead atoms.